The Labute approximate surface area is 164 Å². The highest BCUT2D eigenvalue weighted by Gasteiger charge is 2.31. The highest BCUT2D eigenvalue weighted by molar-refractivity contribution is 6.00. The first-order valence-corrected chi connectivity index (χ1v) is 9.41. The molecule has 0 aromatic heterocycles. The number of benzene rings is 2. The van der Waals surface area contributed by atoms with E-state index >= 15 is 0 Å². The van der Waals surface area contributed by atoms with Crippen molar-refractivity contribution in [1.82, 2.24) is 4.90 Å². The van der Waals surface area contributed by atoms with Gasteiger partial charge in [0, 0.05) is 37.3 Å². The third kappa shape index (κ3) is 4.57. The lowest BCUT2D eigenvalue weighted by molar-refractivity contribution is -0.115. The van der Waals surface area contributed by atoms with Gasteiger partial charge in [0.05, 0.1) is 6.04 Å². The van der Waals surface area contributed by atoms with Gasteiger partial charge in [-0.3, -0.25) is 14.4 Å². The molecule has 3 amide bonds. The molecular weight excluding hydrogens is 354 g/mol. The zero-order valence-electron chi connectivity index (χ0n) is 16.4. The van der Waals surface area contributed by atoms with Gasteiger partial charge >= 0.3 is 0 Å². The Morgan fingerprint density at radius 1 is 0.929 bits per heavy atom. The van der Waals surface area contributed by atoms with Gasteiger partial charge < -0.3 is 15.5 Å². The van der Waals surface area contributed by atoms with Crippen molar-refractivity contribution in [1.29, 1.82) is 0 Å². The molecule has 0 saturated carbocycles. The summed E-state index contributed by atoms with van der Waals surface area (Å²) in [4.78, 5) is 38.1. The molecule has 6 nitrogen and oxygen atoms in total. The van der Waals surface area contributed by atoms with Crippen molar-refractivity contribution in [2.24, 2.45) is 0 Å². The highest BCUT2D eigenvalue weighted by atomic mass is 16.2. The summed E-state index contributed by atoms with van der Waals surface area (Å²) in [6, 6.07) is 13.2. The maximum absolute atomic E-state index is 13.3. The van der Waals surface area contributed by atoms with Gasteiger partial charge in [-0.2, -0.15) is 0 Å². The summed E-state index contributed by atoms with van der Waals surface area (Å²) >= 11 is 0. The average Bonchev–Trinajstić information content (AvgIpc) is 3.10. The van der Waals surface area contributed by atoms with Crippen LogP contribution in [0.2, 0.25) is 0 Å². The number of carbonyl (C=O) groups excluding carboxylic acids is 3. The SMILES string of the molecule is CC(=O)Nc1cc(NC(C)=O)cc(C(=O)N2CCCC2c2ccc(C)cc2)c1. The number of rotatable bonds is 4. The number of likely N-dealkylation sites (tertiary alicyclic amines) is 1. The molecule has 1 aliphatic heterocycles. The minimum absolute atomic E-state index is 0.0294. The Bertz CT molecular complexity index is 871. The number of aryl methyl sites for hydroxylation is 1. The second-order valence-corrected chi connectivity index (χ2v) is 7.23. The number of carbonyl (C=O) groups is 3. The molecule has 0 aliphatic carbocycles. The predicted molar refractivity (Wildman–Crippen MR) is 109 cm³/mol. The molecule has 1 heterocycles. The van der Waals surface area contributed by atoms with E-state index in [2.05, 4.69) is 34.9 Å². The molecule has 1 atom stereocenters. The maximum atomic E-state index is 13.3. The molecule has 1 aliphatic rings. The second-order valence-electron chi connectivity index (χ2n) is 7.23. The molecule has 1 saturated heterocycles. The van der Waals surface area contributed by atoms with Gasteiger partial charge in [-0.05, 0) is 43.5 Å². The fourth-order valence-electron chi connectivity index (χ4n) is 3.61. The third-order valence-corrected chi connectivity index (χ3v) is 4.80. The molecule has 2 aromatic rings. The quantitative estimate of drug-likeness (QED) is 0.846. The fourth-order valence-corrected chi connectivity index (χ4v) is 3.61. The molecule has 28 heavy (non-hydrogen) atoms. The summed E-state index contributed by atoms with van der Waals surface area (Å²) in [5.74, 6) is -0.587. The van der Waals surface area contributed by atoms with Crippen LogP contribution in [0.5, 0.6) is 0 Å². The van der Waals surface area contributed by atoms with E-state index in [1.165, 1.54) is 19.4 Å². The van der Waals surface area contributed by atoms with Crippen molar-refractivity contribution in [3.63, 3.8) is 0 Å². The smallest absolute Gasteiger partial charge is 0.254 e. The van der Waals surface area contributed by atoms with Crippen LogP contribution in [0.1, 0.15) is 54.2 Å². The van der Waals surface area contributed by atoms with Gasteiger partial charge in [0.25, 0.3) is 5.91 Å². The van der Waals surface area contributed by atoms with Crippen LogP contribution in [-0.2, 0) is 9.59 Å². The van der Waals surface area contributed by atoms with Gasteiger partial charge in [-0.15, -0.1) is 0 Å². The van der Waals surface area contributed by atoms with E-state index in [4.69, 9.17) is 0 Å². The number of nitrogens with zero attached hydrogens (tertiary/aromatic N) is 1. The third-order valence-electron chi connectivity index (χ3n) is 4.80. The number of amides is 3. The van der Waals surface area contributed by atoms with E-state index in [0.717, 1.165) is 18.4 Å². The Morgan fingerprint density at radius 2 is 1.50 bits per heavy atom. The minimum Gasteiger partial charge on any atom is -0.332 e. The van der Waals surface area contributed by atoms with Crippen molar-refractivity contribution in [3.8, 4) is 0 Å². The summed E-state index contributed by atoms with van der Waals surface area (Å²) in [5, 5.41) is 5.38. The molecule has 2 N–H and O–H groups in total. The molecule has 6 heteroatoms. The van der Waals surface area contributed by atoms with E-state index in [9.17, 15) is 14.4 Å². The summed E-state index contributed by atoms with van der Waals surface area (Å²) in [6.07, 6.45) is 1.85. The topological polar surface area (TPSA) is 78.5 Å². The molecule has 0 spiro atoms. The standard InChI is InChI=1S/C22H25N3O3/c1-14-6-8-17(9-7-14)21-5-4-10-25(21)22(28)18-11-19(23-15(2)26)13-20(12-18)24-16(3)27/h6-9,11-13,21H,4-5,10H2,1-3H3,(H,23,26)(H,24,27). The van der Waals surface area contributed by atoms with Crippen molar-refractivity contribution < 1.29 is 14.4 Å². The summed E-state index contributed by atoms with van der Waals surface area (Å²) < 4.78 is 0. The Balaban J connectivity index is 1.92. The Hall–Kier alpha value is -3.15. The van der Waals surface area contributed by atoms with Gasteiger partial charge in [0.15, 0.2) is 0 Å². The van der Waals surface area contributed by atoms with Crippen molar-refractivity contribution in [2.45, 2.75) is 39.7 Å². The first-order valence-electron chi connectivity index (χ1n) is 9.41. The van der Waals surface area contributed by atoms with Crippen LogP contribution >= 0.6 is 0 Å². The van der Waals surface area contributed by atoms with E-state index in [1.807, 2.05) is 11.8 Å². The number of hydrogen-bond donors (Lipinski definition) is 2. The van der Waals surface area contributed by atoms with E-state index in [0.29, 0.717) is 23.5 Å². The van der Waals surface area contributed by atoms with Crippen LogP contribution in [0, 0.1) is 6.92 Å². The number of hydrogen-bond acceptors (Lipinski definition) is 3. The van der Waals surface area contributed by atoms with Crippen LogP contribution in [0.3, 0.4) is 0 Å². The van der Waals surface area contributed by atoms with Gasteiger partial charge in [-0.25, -0.2) is 0 Å². The molecule has 146 valence electrons. The largest absolute Gasteiger partial charge is 0.332 e. The first kappa shape index (κ1) is 19.6. The van der Waals surface area contributed by atoms with E-state index in [-0.39, 0.29) is 23.8 Å². The molecule has 1 fully saturated rings. The van der Waals surface area contributed by atoms with Gasteiger partial charge in [0.1, 0.15) is 0 Å². The van der Waals surface area contributed by atoms with Crippen LogP contribution in [0.15, 0.2) is 42.5 Å². The lowest BCUT2D eigenvalue weighted by Crippen LogP contribution is -2.30. The zero-order valence-corrected chi connectivity index (χ0v) is 16.4. The molecule has 0 bridgehead atoms. The van der Waals surface area contributed by atoms with Crippen molar-refractivity contribution >= 4 is 29.1 Å². The molecule has 3 rings (SSSR count). The lowest BCUT2D eigenvalue weighted by atomic mass is 10.0. The van der Waals surface area contributed by atoms with Crippen LogP contribution in [-0.4, -0.2) is 29.2 Å². The predicted octanol–water partition coefficient (Wildman–Crippen LogP) is 3.89. The Morgan fingerprint density at radius 3 is 2.04 bits per heavy atom. The Kier molecular flexibility index (Phi) is 5.78. The molecular formula is C22H25N3O3. The maximum Gasteiger partial charge on any atom is 0.254 e. The minimum atomic E-state index is -0.239. The normalized spacial score (nSPS) is 16.0. The van der Waals surface area contributed by atoms with Gasteiger partial charge in [0.2, 0.25) is 11.8 Å². The average molecular weight is 379 g/mol. The van der Waals surface area contributed by atoms with Crippen molar-refractivity contribution in [2.75, 3.05) is 17.2 Å². The summed E-state index contributed by atoms with van der Waals surface area (Å²) in [6.45, 7) is 5.52. The summed E-state index contributed by atoms with van der Waals surface area (Å²) in [7, 11) is 0. The zero-order chi connectivity index (χ0) is 20.3. The first-order chi connectivity index (χ1) is 13.3. The monoisotopic (exact) mass is 379 g/mol. The van der Waals surface area contributed by atoms with Crippen LogP contribution < -0.4 is 10.6 Å². The number of anilines is 2. The molecule has 1 unspecified atom stereocenters. The fraction of sp³-hybridized carbons (Fsp3) is 0.318. The summed E-state index contributed by atoms with van der Waals surface area (Å²) in [5.41, 5.74) is 3.70. The highest BCUT2D eigenvalue weighted by Crippen LogP contribution is 2.34. The van der Waals surface area contributed by atoms with Gasteiger partial charge in [-0.1, -0.05) is 29.8 Å². The molecule has 2 aromatic carbocycles. The van der Waals surface area contributed by atoms with Crippen molar-refractivity contribution in [3.05, 3.63) is 59.2 Å². The number of nitrogens with one attached hydrogen (secondary N) is 2. The van der Waals surface area contributed by atoms with E-state index < -0.39 is 0 Å². The van der Waals surface area contributed by atoms with Crippen LogP contribution in [0.25, 0.3) is 0 Å². The second kappa shape index (κ2) is 8.25. The molecule has 0 radical (unpaired) electrons. The van der Waals surface area contributed by atoms with Crippen LogP contribution in [0.4, 0.5) is 11.4 Å². The lowest BCUT2D eigenvalue weighted by Gasteiger charge is -2.26. The van der Waals surface area contributed by atoms with E-state index in [1.54, 1.807) is 18.2 Å².